The summed E-state index contributed by atoms with van der Waals surface area (Å²) in [7, 11) is 0. The smallest absolute Gasteiger partial charge is 0.550 e. The van der Waals surface area contributed by atoms with E-state index in [-0.39, 0.29) is 84.9 Å². The summed E-state index contributed by atoms with van der Waals surface area (Å²) >= 11 is 0. The van der Waals surface area contributed by atoms with E-state index in [0.717, 1.165) is 5.56 Å². The number of H-pyrrole nitrogens is 1. The number of nitrogens with one attached hydrogen (secondary N) is 1. The third-order valence-electron chi connectivity index (χ3n) is 3.76. The van der Waals surface area contributed by atoms with Crippen LogP contribution in [-0.4, -0.2) is 22.8 Å². The molecule has 0 fully saturated rings. The van der Waals surface area contributed by atoms with Crippen LogP contribution in [0, 0.1) is 0 Å². The minimum atomic E-state index is -1.24. The second kappa shape index (κ2) is 13.1. The monoisotopic (exact) mass is 387 g/mol. The standard InChI is InChI=1S/C18H21N3O4.2Na/c19-16(8-12-4-2-1-3-5-12)21-11-15-14(9-18(24)25)13(10-20-15)6-7-17(22)23;;/h1-5,10,20H,6-9,11H2,(H2,19,21)(H,22,23)(H,24,25);;/q;2*+1/p-2. The zero-order valence-corrected chi connectivity index (χ0v) is 19.7. The number of benzene rings is 1. The van der Waals surface area contributed by atoms with Gasteiger partial charge in [-0.1, -0.05) is 30.3 Å². The SMILES string of the molecule is NC(Cc1ccccc1)=NCc1[nH]cc(CCC(=O)[O-])c1CC(=O)[O-].[Na+].[Na+]. The molecular formula is C18H19N3Na2O4. The summed E-state index contributed by atoms with van der Waals surface area (Å²) in [6.45, 7) is 0.187. The number of aliphatic carboxylic acids is 2. The van der Waals surface area contributed by atoms with E-state index < -0.39 is 11.9 Å². The first-order valence-corrected chi connectivity index (χ1v) is 7.86. The Hall–Kier alpha value is -1.09. The molecule has 1 aromatic heterocycles. The van der Waals surface area contributed by atoms with Crippen LogP contribution in [0.25, 0.3) is 0 Å². The zero-order valence-electron chi connectivity index (χ0n) is 15.7. The van der Waals surface area contributed by atoms with Gasteiger partial charge >= 0.3 is 59.1 Å². The van der Waals surface area contributed by atoms with Gasteiger partial charge in [0, 0.05) is 36.7 Å². The van der Waals surface area contributed by atoms with Crippen molar-refractivity contribution in [2.45, 2.75) is 32.2 Å². The number of rotatable bonds is 9. The normalized spacial score (nSPS) is 10.6. The van der Waals surface area contributed by atoms with Crippen molar-refractivity contribution in [3.8, 4) is 0 Å². The molecule has 0 aliphatic rings. The van der Waals surface area contributed by atoms with Gasteiger partial charge in [-0.05, 0) is 29.5 Å². The summed E-state index contributed by atoms with van der Waals surface area (Å²) in [5.41, 5.74) is 8.66. The van der Waals surface area contributed by atoms with Gasteiger partial charge in [0.15, 0.2) is 0 Å². The fourth-order valence-corrected chi connectivity index (χ4v) is 2.55. The maximum atomic E-state index is 11.0. The van der Waals surface area contributed by atoms with Gasteiger partial charge < -0.3 is 30.5 Å². The van der Waals surface area contributed by atoms with Crippen LogP contribution in [0.15, 0.2) is 41.5 Å². The van der Waals surface area contributed by atoms with Crippen LogP contribution in [0.5, 0.6) is 0 Å². The number of amidine groups is 1. The number of aryl methyl sites for hydroxylation is 1. The molecule has 0 atom stereocenters. The average molecular weight is 387 g/mol. The third-order valence-corrected chi connectivity index (χ3v) is 3.76. The molecule has 0 aliphatic carbocycles. The van der Waals surface area contributed by atoms with Crippen molar-refractivity contribution >= 4 is 17.8 Å². The predicted octanol–water partition coefficient (Wildman–Crippen LogP) is -6.90. The van der Waals surface area contributed by atoms with Crippen LogP contribution >= 0.6 is 0 Å². The predicted molar refractivity (Wildman–Crippen MR) is 88.3 cm³/mol. The van der Waals surface area contributed by atoms with Gasteiger partial charge in [-0.15, -0.1) is 0 Å². The van der Waals surface area contributed by atoms with Gasteiger partial charge in [0.1, 0.15) is 0 Å². The second-order valence-corrected chi connectivity index (χ2v) is 5.66. The van der Waals surface area contributed by atoms with Crippen molar-refractivity contribution in [2.24, 2.45) is 10.7 Å². The zero-order chi connectivity index (χ0) is 18.2. The molecule has 0 radical (unpaired) electrons. The fraction of sp³-hybridized carbons (Fsp3) is 0.278. The van der Waals surface area contributed by atoms with Crippen molar-refractivity contribution in [1.29, 1.82) is 0 Å². The van der Waals surface area contributed by atoms with Crippen molar-refractivity contribution in [2.75, 3.05) is 0 Å². The summed E-state index contributed by atoms with van der Waals surface area (Å²) in [5, 5.41) is 21.6. The number of nitrogens with zero attached hydrogens (tertiary/aromatic N) is 1. The number of aliphatic imine (C=N–C) groups is 1. The van der Waals surface area contributed by atoms with E-state index in [1.54, 1.807) is 6.20 Å². The summed E-state index contributed by atoms with van der Waals surface area (Å²) in [5.74, 6) is -2.00. The van der Waals surface area contributed by atoms with E-state index in [2.05, 4.69) is 9.98 Å². The van der Waals surface area contributed by atoms with E-state index in [0.29, 0.717) is 29.1 Å². The summed E-state index contributed by atoms with van der Waals surface area (Å²) in [6.07, 6.45) is 1.78. The van der Waals surface area contributed by atoms with Crippen LogP contribution in [0.3, 0.4) is 0 Å². The quantitative estimate of drug-likeness (QED) is 0.251. The van der Waals surface area contributed by atoms with E-state index in [4.69, 9.17) is 5.73 Å². The molecule has 0 aliphatic heterocycles. The van der Waals surface area contributed by atoms with Crippen LogP contribution in [0.1, 0.15) is 28.8 Å². The molecule has 1 heterocycles. The Labute approximate surface area is 202 Å². The molecular weight excluding hydrogens is 368 g/mol. The Morgan fingerprint density at radius 2 is 1.70 bits per heavy atom. The Morgan fingerprint density at radius 3 is 2.30 bits per heavy atom. The van der Waals surface area contributed by atoms with Crippen LogP contribution in [-0.2, 0) is 35.4 Å². The molecule has 0 bridgehead atoms. The van der Waals surface area contributed by atoms with E-state index >= 15 is 0 Å². The molecule has 2 aromatic rings. The molecule has 3 N–H and O–H groups in total. The molecule has 0 spiro atoms. The molecule has 132 valence electrons. The number of carboxylic acids is 2. The first-order chi connectivity index (χ1) is 12.0. The maximum absolute atomic E-state index is 11.0. The van der Waals surface area contributed by atoms with Gasteiger partial charge in [-0.2, -0.15) is 0 Å². The van der Waals surface area contributed by atoms with Gasteiger partial charge in [-0.3, -0.25) is 4.99 Å². The van der Waals surface area contributed by atoms with Gasteiger partial charge in [0.05, 0.1) is 12.4 Å². The molecule has 7 nitrogen and oxygen atoms in total. The molecule has 0 saturated heterocycles. The molecule has 1 aromatic carbocycles. The number of hydrogen-bond donors (Lipinski definition) is 2. The number of aromatic amines is 1. The van der Waals surface area contributed by atoms with E-state index in [1.807, 2.05) is 30.3 Å². The van der Waals surface area contributed by atoms with Gasteiger partial charge in [0.2, 0.25) is 0 Å². The molecule has 2 rings (SSSR count). The largest absolute Gasteiger partial charge is 1.00 e. The molecule has 0 saturated carbocycles. The number of carboxylic acid groups (broad SMARTS) is 2. The second-order valence-electron chi connectivity index (χ2n) is 5.66. The number of hydrogen-bond acceptors (Lipinski definition) is 5. The number of nitrogens with two attached hydrogens (primary N) is 1. The van der Waals surface area contributed by atoms with E-state index in [9.17, 15) is 19.8 Å². The maximum Gasteiger partial charge on any atom is 1.00 e. The summed E-state index contributed by atoms with van der Waals surface area (Å²) in [6, 6.07) is 9.62. The molecule has 9 heteroatoms. The Bertz CT molecular complexity index is 776. The Morgan fingerprint density at radius 1 is 1.04 bits per heavy atom. The first kappa shape index (κ1) is 25.9. The van der Waals surface area contributed by atoms with Crippen LogP contribution < -0.4 is 75.1 Å². The minimum absolute atomic E-state index is 0. The Balaban J connectivity index is 0.00000338. The minimum Gasteiger partial charge on any atom is -0.550 e. The Kier molecular flexibility index (Phi) is 12.6. The summed E-state index contributed by atoms with van der Waals surface area (Å²) < 4.78 is 0. The number of carbonyl (C=O) groups excluding carboxylic acids is 2. The van der Waals surface area contributed by atoms with Gasteiger partial charge in [0.25, 0.3) is 0 Å². The molecule has 27 heavy (non-hydrogen) atoms. The number of carbonyl (C=O) groups is 2. The van der Waals surface area contributed by atoms with Gasteiger partial charge in [-0.25, -0.2) is 0 Å². The number of aromatic nitrogens is 1. The topological polar surface area (TPSA) is 134 Å². The first-order valence-electron chi connectivity index (χ1n) is 7.86. The van der Waals surface area contributed by atoms with Crippen LogP contribution in [0.4, 0.5) is 0 Å². The van der Waals surface area contributed by atoms with Crippen molar-refractivity contribution in [3.05, 3.63) is 58.9 Å². The molecule has 0 unspecified atom stereocenters. The fourth-order valence-electron chi connectivity index (χ4n) is 2.55. The summed E-state index contributed by atoms with van der Waals surface area (Å²) in [4.78, 5) is 28.8. The average Bonchev–Trinajstić information content (AvgIpc) is 2.93. The van der Waals surface area contributed by atoms with Crippen molar-refractivity contribution in [3.63, 3.8) is 0 Å². The van der Waals surface area contributed by atoms with Crippen molar-refractivity contribution < 1.29 is 78.9 Å². The van der Waals surface area contributed by atoms with E-state index in [1.165, 1.54) is 0 Å². The third kappa shape index (κ3) is 9.10. The molecule has 0 amide bonds. The van der Waals surface area contributed by atoms with Crippen molar-refractivity contribution in [1.82, 2.24) is 4.98 Å². The van der Waals surface area contributed by atoms with Crippen LogP contribution in [0.2, 0.25) is 0 Å².